The zero-order valence-electron chi connectivity index (χ0n) is 18.8. The van der Waals surface area contributed by atoms with E-state index < -0.39 is 0 Å². The van der Waals surface area contributed by atoms with Crippen molar-refractivity contribution in [2.75, 3.05) is 19.8 Å². The molecule has 1 fully saturated rings. The number of rotatable bonds is 3. The lowest BCUT2D eigenvalue weighted by Crippen LogP contribution is -2.37. The third-order valence-corrected chi connectivity index (χ3v) is 7.64. The van der Waals surface area contributed by atoms with E-state index in [0.717, 1.165) is 40.3 Å². The van der Waals surface area contributed by atoms with E-state index in [1.165, 1.54) is 17.4 Å². The monoisotopic (exact) mass is 477 g/mol. The molecule has 0 saturated carbocycles. The zero-order chi connectivity index (χ0) is 23.2. The van der Waals surface area contributed by atoms with Gasteiger partial charge in [0.25, 0.3) is 0 Å². The molecule has 1 aromatic carbocycles. The molecular weight excluding hydrogens is 453 g/mol. The second-order valence-electron chi connectivity index (χ2n) is 8.82. The number of pyridine rings is 1. The largest absolute Gasteiger partial charge is 0.381 e. The second kappa shape index (κ2) is 8.56. The van der Waals surface area contributed by atoms with Gasteiger partial charge in [-0.3, -0.25) is 14.8 Å². The van der Waals surface area contributed by atoms with Crippen LogP contribution < -0.4 is 0 Å². The molecule has 174 valence electrons. The van der Waals surface area contributed by atoms with Crippen LogP contribution in [0.4, 0.5) is 4.39 Å². The highest BCUT2D eigenvalue weighted by Gasteiger charge is 2.31. The molecule has 6 rings (SSSR count). The van der Waals surface area contributed by atoms with Crippen molar-refractivity contribution in [2.24, 2.45) is 0 Å². The summed E-state index contributed by atoms with van der Waals surface area (Å²) in [6.45, 7) is 4.70. The van der Waals surface area contributed by atoms with E-state index in [-0.39, 0.29) is 17.6 Å². The summed E-state index contributed by atoms with van der Waals surface area (Å²) < 4.78 is 23.2. The first-order valence-corrected chi connectivity index (χ1v) is 12.4. The Morgan fingerprint density at radius 1 is 1.21 bits per heavy atom. The maximum atomic E-state index is 15.5. The van der Waals surface area contributed by atoms with Gasteiger partial charge < -0.3 is 14.2 Å². The molecule has 0 bridgehead atoms. The summed E-state index contributed by atoms with van der Waals surface area (Å²) in [5, 5.41) is 1.61. The Morgan fingerprint density at radius 3 is 2.82 bits per heavy atom. The van der Waals surface area contributed by atoms with Crippen molar-refractivity contribution >= 4 is 28.0 Å². The molecule has 7 nitrogen and oxygen atoms in total. The Bertz CT molecular complexity index is 1380. The molecule has 4 aromatic rings. The van der Waals surface area contributed by atoms with Gasteiger partial charge in [-0.05, 0) is 30.4 Å². The zero-order valence-corrected chi connectivity index (χ0v) is 19.6. The van der Waals surface area contributed by atoms with Crippen molar-refractivity contribution in [3.63, 3.8) is 0 Å². The molecule has 0 unspecified atom stereocenters. The predicted octanol–water partition coefficient (Wildman–Crippen LogP) is 4.62. The van der Waals surface area contributed by atoms with Gasteiger partial charge in [-0.25, -0.2) is 9.37 Å². The molecule has 0 aliphatic carbocycles. The third kappa shape index (κ3) is 3.59. The minimum atomic E-state index is -0.334. The number of nitrogens with zero attached hydrogens (tertiary/aromatic N) is 5. The SMILES string of the molecule is CC(=O)N1CCn2c(C3CCOCC3)nc(-c3c(F)ccc4cc(-c5cncs5)ncc34)c2C1. The quantitative estimate of drug-likeness (QED) is 0.431. The number of aromatic nitrogens is 4. The van der Waals surface area contributed by atoms with Crippen LogP contribution in [0.3, 0.4) is 0 Å². The molecule has 0 radical (unpaired) electrons. The van der Waals surface area contributed by atoms with E-state index in [2.05, 4.69) is 14.5 Å². The number of amides is 1. The fourth-order valence-electron chi connectivity index (χ4n) is 5.04. The average molecular weight is 478 g/mol. The Labute approximate surface area is 200 Å². The van der Waals surface area contributed by atoms with Crippen LogP contribution in [0.1, 0.15) is 37.2 Å². The lowest BCUT2D eigenvalue weighted by molar-refractivity contribution is -0.130. The summed E-state index contributed by atoms with van der Waals surface area (Å²) in [6, 6.07) is 5.25. The molecule has 3 aromatic heterocycles. The summed E-state index contributed by atoms with van der Waals surface area (Å²) in [5.74, 6) is 0.917. The number of fused-ring (bicyclic) bond motifs is 2. The van der Waals surface area contributed by atoms with Gasteiger partial charge in [0, 0.05) is 62.5 Å². The molecule has 0 spiro atoms. The van der Waals surface area contributed by atoms with Crippen LogP contribution in [-0.4, -0.2) is 50.1 Å². The number of hydrogen-bond acceptors (Lipinski definition) is 6. The topological polar surface area (TPSA) is 73.1 Å². The van der Waals surface area contributed by atoms with Crippen LogP contribution in [0.5, 0.6) is 0 Å². The molecular formula is C25H24FN5O2S. The van der Waals surface area contributed by atoms with Crippen molar-refractivity contribution in [1.82, 2.24) is 24.4 Å². The van der Waals surface area contributed by atoms with Crippen molar-refractivity contribution in [3.8, 4) is 21.8 Å². The molecule has 0 atom stereocenters. The van der Waals surface area contributed by atoms with E-state index in [9.17, 15) is 4.79 Å². The highest BCUT2D eigenvalue weighted by Crippen LogP contribution is 2.39. The summed E-state index contributed by atoms with van der Waals surface area (Å²) in [6.07, 6.45) is 5.30. The lowest BCUT2D eigenvalue weighted by atomic mass is 9.99. The Hall–Kier alpha value is -3.17. The van der Waals surface area contributed by atoms with Gasteiger partial charge in [-0.2, -0.15) is 0 Å². The number of carbonyl (C=O) groups excluding carboxylic acids is 1. The number of ether oxygens (including phenoxy) is 1. The van der Waals surface area contributed by atoms with Crippen molar-refractivity contribution < 1.29 is 13.9 Å². The number of thiazole rings is 1. The van der Waals surface area contributed by atoms with Crippen LogP contribution in [-0.2, 0) is 22.6 Å². The van der Waals surface area contributed by atoms with Gasteiger partial charge in [0.2, 0.25) is 5.91 Å². The van der Waals surface area contributed by atoms with Crippen LogP contribution >= 0.6 is 11.3 Å². The molecule has 0 N–H and O–H groups in total. The molecule has 9 heteroatoms. The standard InChI is InChI=1S/C25H24FN5O2S/c1-15(32)30-6-7-31-21(13-30)24(29-25(31)16-4-8-33-9-5-16)23-18-11-28-20(22-12-27-14-34-22)10-17(18)2-3-19(23)26/h2-3,10-12,14,16H,4-9,13H2,1H3. The first kappa shape index (κ1) is 21.4. The Kier molecular flexibility index (Phi) is 5.38. The Balaban J connectivity index is 1.53. The smallest absolute Gasteiger partial charge is 0.219 e. The second-order valence-corrected chi connectivity index (χ2v) is 9.71. The molecule has 2 aliphatic heterocycles. The number of imidazole rings is 1. The van der Waals surface area contributed by atoms with Crippen LogP contribution in [0.2, 0.25) is 0 Å². The van der Waals surface area contributed by atoms with Crippen molar-refractivity contribution in [1.29, 1.82) is 0 Å². The summed E-state index contributed by atoms with van der Waals surface area (Å²) >= 11 is 1.52. The van der Waals surface area contributed by atoms with Gasteiger partial charge in [0.1, 0.15) is 11.6 Å². The predicted molar refractivity (Wildman–Crippen MR) is 128 cm³/mol. The normalized spacial score (nSPS) is 16.7. The van der Waals surface area contributed by atoms with Crippen LogP contribution in [0.25, 0.3) is 32.6 Å². The number of benzene rings is 1. The minimum absolute atomic E-state index is 0.0141. The molecule has 34 heavy (non-hydrogen) atoms. The van der Waals surface area contributed by atoms with E-state index >= 15 is 4.39 Å². The Morgan fingerprint density at radius 2 is 2.06 bits per heavy atom. The van der Waals surface area contributed by atoms with E-state index in [0.29, 0.717) is 49.5 Å². The summed E-state index contributed by atoms with van der Waals surface area (Å²) in [7, 11) is 0. The maximum absolute atomic E-state index is 15.5. The van der Waals surface area contributed by atoms with Gasteiger partial charge in [-0.1, -0.05) is 6.07 Å². The fourth-order valence-corrected chi connectivity index (χ4v) is 5.63. The number of halogens is 1. The van der Waals surface area contributed by atoms with Crippen LogP contribution in [0.15, 0.2) is 36.1 Å². The highest BCUT2D eigenvalue weighted by molar-refractivity contribution is 7.13. The number of hydrogen-bond donors (Lipinski definition) is 0. The molecule has 1 saturated heterocycles. The lowest BCUT2D eigenvalue weighted by Gasteiger charge is -2.30. The van der Waals surface area contributed by atoms with Gasteiger partial charge in [0.05, 0.1) is 34.0 Å². The van der Waals surface area contributed by atoms with E-state index in [1.807, 2.05) is 6.07 Å². The maximum Gasteiger partial charge on any atom is 0.219 e. The van der Waals surface area contributed by atoms with Gasteiger partial charge in [0.15, 0.2) is 0 Å². The fraction of sp³-hybridized carbons (Fsp3) is 0.360. The van der Waals surface area contributed by atoms with Crippen molar-refractivity contribution in [2.45, 2.75) is 38.8 Å². The first-order valence-electron chi connectivity index (χ1n) is 11.5. The van der Waals surface area contributed by atoms with Crippen molar-refractivity contribution in [3.05, 3.63) is 53.4 Å². The average Bonchev–Trinajstić information content (AvgIpc) is 3.53. The molecule has 1 amide bonds. The van der Waals surface area contributed by atoms with E-state index in [4.69, 9.17) is 9.72 Å². The van der Waals surface area contributed by atoms with Gasteiger partial charge >= 0.3 is 0 Å². The summed E-state index contributed by atoms with van der Waals surface area (Å²) in [4.78, 5) is 28.8. The third-order valence-electron chi connectivity index (χ3n) is 6.84. The van der Waals surface area contributed by atoms with Gasteiger partial charge in [-0.15, -0.1) is 11.3 Å². The molecule has 2 aliphatic rings. The van der Waals surface area contributed by atoms with Crippen LogP contribution in [0, 0.1) is 5.82 Å². The number of carbonyl (C=O) groups is 1. The summed E-state index contributed by atoms with van der Waals surface area (Å²) in [5.41, 5.74) is 4.54. The van der Waals surface area contributed by atoms with E-state index in [1.54, 1.807) is 35.8 Å². The minimum Gasteiger partial charge on any atom is -0.381 e. The molecule has 5 heterocycles. The highest BCUT2D eigenvalue weighted by atomic mass is 32.1. The first-order chi connectivity index (χ1) is 16.6.